The monoisotopic (exact) mass is 538 g/mol. The van der Waals surface area contributed by atoms with Gasteiger partial charge in [-0.1, -0.05) is 59.3 Å². The van der Waals surface area contributed by atoms with Crippen molar-refractivity contribution < 1.29 is 24.2 Å². The number of carboxylic acids is 1. The Morgan fingerprint density at radius 2 is 1.85 bits per heavy atom. The maximum absolute atomic E-state index is 13.0. The van der Waals surface area contributed by atoms with Gasteiger partial charge in [0.25, 0.3) is 0 Å². The molecule has 0 saturated carbocycles. The molecule has 1 aliphatic rings. The standard InChI is InChI=1S/C30H40N2O5.C2H6/c1-7-16-30(3,8-2)27-24-15-13-22(29(34)35)19-25(24)32(20-26(33)31(4)5)28(27)21-10-9-11-23(14-12-21)37-18-17-36-6;1-2/h9,11-15,19H,7-8,10,16-18,20H2,1-6H3,(H,34,35);1-2H3. The summed E-state index contributed by atoms with van der Waals surface area (Å²) in [6.07, 6.45) is 11.6. The van der Waals surface area contributed by atoms with Crippen LogP contribution in [0.4, 0.5) is 0 Å². The van der Waals surface area contributed by atoms with E-state index in [0.717, 1.165) is 47.2 Å². The fourth-order valence-corrected chi connectivity index (χ4v) is 5.02. The van der Waals surface area contributed by atoms with E-state index in [1.54, 1.807) is 38.2 Å². The first-order valence-corrected chi connectivity index (χ1v) is 14.0. The first-order chi connectivity index (χ1) is 18.7. The molecule has 39 heavy (non-hydrogen) atoms. The maximum atomic E-state index is 13.0. The molecule has 1 atom stereocenters. The van der Waals surface area contributed by atoms with E-state index in [1.807, 2.05) is 36.6 Å². The Balaban J connectivity index is 0.00000260. The summed E-state index contributed by atoms with van der Waals surface area (Å²) < 4.78 is 13.0. The van der Waals surface area contributed by atoms with Crippen LogP contribution in [0.1, 0.15) is 81.9 Å². The number of nitrogens with zero attached hydrogens (tertiary/aromatic N) is 2. The third-order valence-corrected chi connectivity index (χ3v) is 7.22. The van der Waals surface area contributed by atoms with Crippen LogP contribution in [-0.2, 0) is 26.2 Å². The zero-order valence-corrected chi connectivity index (χ0v) is 25.0. The number of rotatable bonds is 12. The number of aromatic carboxylic acids is 1. The number of carbonyl (C=O) groups excluding carboxylic acids is 1. The van der Waals surface area contributed by atoms with Gasteiger partial charge < -0.3 is 24.0 Å². The molecule has 0 spiro atoms. The molecule has 0 radical (unpaired) electrons. The maximum Gasteiger partial charge on any atom is 0.335 e. The molecule has 1 aromatic carbocycles. The molecule has 0 bridgehead atoms. The average Bonchev–Trinajstić information content (AvgIpc) is 3.06. The summed E-state index contributed by atoms with van der Waals surface area (Å²) in [5.74, 6) is -0.287. The van der Waals surface area contributed by atoms with Crippen LogP contribution in [0.25, 0.3) is 16.5 Å². The van der Waals surface area contributed by atoms with E-state index in [-0.39, 0.29) is 23.4 Å². The summed E-state index contributed by atoms with van der Waals surface area (Å²) in [6.45, 7) is 11.7. The Kier molecular flexibility index (Phi) is 12.0. The smallest absolute Gasteiger partial charge is 0.335 e. The number of ether oxygens (including phenoxy) is 2. The van der Waals surface area contributed by atoms with Crippen LogP contribution < -0.4 is 0 Å². The number of hydrogen-bond acceptors (Lipinski definition) is 4. The topological polar surface area (TPSA) is 81.0 Å². The predicted octanol–water partition coefficient (Wildman–Crippen LogP) is 6.81. The van der Waals surface area contributed by atoms with Gasteiger partial charge in [-0.25, -0.2) is 4.79 Å². The highest BCUT2D eigenvalue weighted by Gasteiger charge is 2.34. The van der Waals surface area contributed by atoms with E-state index in [1.165, 1.54) is 5.56 Å². The quantitative estimate of drug-likeness (QED) is 0.300. The van der Waals surface area contributed by atoms with E-state index in [0.29, 0.717) is 19.6 Å². The fraction of sp³-hybridized carbons (Fsp3) is 0.500. The molecule has 2 aromatic rings. The lowest BCUT2D eigenvalue weighted by Crippen LogP contribution is -2.28. The molecule has 7 nitrogen and oxygen atoms in total. The van der Waals surface area contributed by atoms with Gasteiger partial charge in [-0.3, -0.25) is 4.79 Å². The summed E-state index contributed by atoms with van der Waals surface area (Å²) in [7, 11) is 5.12. The number of carbonyl (C=O) groups is 2. The largest absolute Gasteiger partial charge is 0.491 e. The van der Waals surface area contributed by atoms with Gasteiger partial charge in [0.2, 0.25) is 5.91 Å². The zero-order valence-electron chi connectivity index (χ0n) is 25.0. The first kappa shape index (κ1) is 31.9. The van der Waals surface area contributed by atoms with Crippen LogP contribution in [0.2, 0.25) is 0 Å². The Morgan fingerprint density at radius 3 is 2.44 bits per heavy atom. The number of fused-ring (bicyclic) bond motifs is 1. The van der Waals surface area contributed by atoms with Crippen molar-refractivity contribution in [2.24, 2.45) is 0 Å². The van der Waals surface area contributed by atoms with Crippen molar-refractivity contribution in [2.45, 2.75) is 72.3 Å². The second kappa shape index (κ2) is 14.7. The second-order valence-electron chi connectivity index (χ2n) is 10.0. The number of amides is 1. The van der Waals surface area contributed by atoms with Crippen LogP contribution in [0.15, 0.2) is 48.3 Å². The third-order valence-electron chi connectivity index (χ3n) is 7.22. The number of allylic oxidation sites excluding steroid dienone is 5. The molecule has 3 rings (SSSR count). The van der Waals surface area contributed by atoms with Crippen LogP contribution >= 0.6 is 0 Å². The zero-order chi connectivity index (χ0) is 29.2. The fourth-order valence-electron chi connectivity index (χ4n) is 5.02. The van der Waals surface area contributed by atoms with Gasteiger partial charge in [-0.05, 0) is 60.1 Å². The number of likely N-dealkylation sites (N-methyl/N-ethyl adjacent to an activating group) is 1. The third kappa shape index (κ3) is 7.41. The van der Waals surface area contributed by atoms with E-state index >= 15 is 0 Å². The molecule has 1 N–H and O–H groups in total. The van der Waals surface area contributed by atoms with Crippen molar-refractivity contribution in [2.75, 3.05) is 34.4 Å². The lowest BCUT2D eigenvalue weighted by atomic mass is 9.74. The van der Waals surface area contributed by atoms with Crippen molar-refractivity contribution >= 4 is 28.4 Å². The van der Waals surface area contributed by atoms with Gasteiger partial charge in [-0.2, -0.15) is 0 Å². The Bertz CT molecular complexity index is 1230. The Hall–Kier alpha value is -3.32. The van der Waals surface area contributed by atoms with Gasteiger partial charge in [0.05, 0.1) is 17.7 Å². The second-order valence-corrected chi connectivity index (χ2v) is 10.0. The molecular weight excluding hydrogens is 492 g/mol. The average molecular weight is 539 g/mol. The molecule has 1 heterocycles. The minimum absolute atomic E-state index is 0.0528. The number of hydrogen-bond donors (Lipinski definition) is 1. The molecular formula is C32H46N2O5. The van der Waals surface area contributed by atoms with Gasteiger partial charge in [-0.15, -0.1) is 0 Å². The van der Waals surface area contributed by atoms with Crippen LogP contribution in [0.3, 0.4) is 0 Å². The molecule has 0 aliphatic heterocycles. The summed E-state index contributed by atoms with van der Waals surface area (Å²) in [6, 6.07) is 5.29. The highest BCUT2D eigenvalue weighted by molar-refractivity contribution is 5.98. The molecule has 1 aromatic heterocycles. The Morgan fingerprint density at radius 1 is 1.13 bits per heavy atom. The minimum Gasteiger partial charge on any atom is -0.491 e. The van der Waals surface area contributed by atoms with Gasteiger partial charge in [0.15, 0.2) is 0 Å². The summed E-state index contributed by atoms with van der Waals surface area (Å²) >= 11 is 0. The molecule has 1 aliphatic carbocycles. The summed E-state index contributed by atoms with van der Waals surface area (Å²) in [5, 5.41) is 10.7. The van der Waals surface area contributed by atoms with E-state index in [2.05, 4.69) is 32.9 Å². The van der Waals surface area contributed by atoms with Crippen molar-refractivity contribution in [3.63, 3.8) is 0 Å². The summed E-state index contributed by atoms with van der Waals surface area (Å²) in [4.78, 5) is 26.5. The SMILES string of the molecule is CC.CCCC(C)(CC)c1c(C2=CC=C(OCCOC)C=CC2)n(CC(=O)N(C)C)c2cc(C(=O)O)ccc12. The predicted molar refractivity (Wildman–Crippen MR) is 159 cm³/mol. The van der Waals surface area contributed by atoms with Crippen molar-refractivity contribution in [1.29, 1.82) is 0 Å². The van der Waals surface area contributed by atoms with Gasteiger partial charge >= 0.3 is 5.97 Å². The van der Waals surface area contributed by atoms with E-state index in [4.69, 9.17) is 9.47 Å². The highest BCUT2D eigenvalue weighted by atomic mass is 16.5. The highest BCUT2D eigenvalue weighted by Crippen LogP contribution is 2.44. The van der Waals surface area contributed by atoms with Crippen LogP contribution in [0, 0.1) is 0 Å². The normalized spacial score (nSPS) is 14.5. The number of carboxylic acid groups (broad SMARTS) is 1. The van der Waals surface area contributed by atoms with Gasteiger partial charge in [0, 0.05) is 32.3 Å². The number of methoxy groups -OCH3 is 1. The van der Waals surface area contributed by atoms with E-state index < -0.39 is 5.97 Å². The van der Waals surface area contributed by atoms with Crippen LogP contribution in [-0.4, -0.2) is 60.9 Å². The number of aromatic nitrogens is 1. The lowest BCUT2D eigenvalue weighted by Gasteiger charge is -2.30. The van der Waals surface area contributed by atoms with E-state index in [9.17, 15) is 14.7 Å². The molecule has 7 heteroatoms. The lowest BCUT2D eigenvalue weighted by molar-refractivity contribution is -0.129. The van der Waals surface area contributed by atoms with Crippen molar-refractivity contribution in [3.05, 3.63) is 65.1 Å². The van der Waals surface area contributed by atoms with Crippen molar-refractivity contribution in [3.8, 4) is 0 Å². The molecule has 0 fully saturated rings. The number of benzene rings is 1. The first-order valence-electron chi connectivity index (χ1n) is 14.0. The minimum atomic E-state index is -0.985. The summed E-state index contributed by atoms with van der Waals surface area (Å²) in [5.41, 5.74) is 4.05. The van der Waals surface area contributed by atoms with Crippen molar-refractivity contribution in [1.82, 2.24) is 9.47 Å². The van der Waals surface area contributed by atoms with Gasteiger partial charge in [0.1, 0.15) is 18.9 Å². The Labute approximate surface area is 233 Å². The van der Waals surface area contributed by atoms with Crippen LogP contribution in [0.5, 0.6) is 0 Å². The molecule has 1 unspecified atom stereocenters. The molecule has 0 saturated heterocycles. The molecule has 1 amide bonds. The molecule has 214 valence electrons.